The van der Waals surface area contributed by atoms with Crippen molar-refractivity contribution in [2.24, 2.45) is 0 Å². The van der Waals surface area contributed by atoms with E-state index < -0.39 is 17.6 Å². The van der Waals surface area contributed by atoms with Crippen LogP contribution in [0, 0.1) is 0 Å². The molecule has 0 spiro atoms. The van der Waals surface area contributed by atoms with Crippen LogP contribution in [0.15, 0.2) is 50.1 Å². The Kier molecular flexibility index (Phi) is 4.88. The number of aromatic amines is 1. The van der Waals surface area contributed by atoms with E-state index >= 15 is 0 Å². The molecule has 9 heteroatoms. The average molecular weight is 454 g/mol. The number of furan rings is 1. The van der Waals surface area contributed by atoms with E-state index in [0.29, 0.717) is 13.1 Å². The van der Waals surface area contributed by atoms with Crippen LogP contribution in [0.4, 0.5) is 13.2 Å². The first kappa shape index (κ1) is 18.9. The van der Waals surface area contributed by atoms with Crippen molar-refractivity contribution in [2.45, 2.75) is 25.7 Å². The molecule has 3 aromatic rings. The van der Waals surface area contributed by atoms with Crippen molar-refractivity contribution >= 4 is 15.9 Å². The van der Waals surface area contributed by atoms with Gasteiger partial charge in [0.25, 0.3) is 5.56 Å². The van der Waals surface area contributed by atoms with Gasteiger partial charge in [-0.25, -0.2) is 4.98 Å². The maximum Gasteiger partial charge on any atom is 0.449 e. The number of hydrogen-bond acceptors (Lipinski definition) is 4. The number of hydrogen-bond donors (Lipinski definition) is 1. The van der Waals surface area contributed by atoms with Crippen LogP contribution in [0.1, 0.15) is 22.8 Å². The summed E-state index contributed by atoms with van der Waals surface area (Å²) in [4.78, 5) is 19.5. The van der Waals surface area contributed by atoms with E-state index in [2.05, 4.69) is 20.9 Å². The smallest absolute Gasteiger partial charge is 0.449 e. The Balaban J connectivity index is 1.50. The minimum atomic E-state index is -4.66. The van der Waals surface area contributed by atoms with Gasteiger partial charge in [-0.05, 0) is 24.3 Å². The molecule has 4 rings (SSSR count). The first-order valence-electron chi connectivity index (χ1n) is 8.56. The molecule has 0 atom stereocenters. The molecule has 0 amide bonds. The molecule has 0 aliphatic carbocycles. The number of halogens is 4. The number of nitrogens with one attached hydrogen (secondary N) is 1. The Morgan fingerprint density at radius 2 is 1.93 bits per heavy atom. The molecular formula is C19H15BrF3N3O2. The molecule has 1 aliphatic heterocycles. The summed E-state index contributed by atoms with van der Waals surface area (Å²) < 4.78 is 45.3. The van der Waals surface area contributed by atoms with E-state index in [1.54, 1.807) is 0 Å². The van der Waals surface area contributed by atoms with Crippen LogP contribution < -0.4 is 5.56 Å². The maximum absolute atomic E-state index is 12.8. The predicted molar refractivity (Wildman–Crippen MR) is 99.5 cm³/mol. The van der Waals surface area contributed by atoms with E-state index in [1.165, 1.54) is 0 Å². The molecule has 0 saturated carbocycles. The largest absolute Gasteiger partial charge is 0.460 e. The van der Waals surface area contributed by atoms with Gasteiger partial charge in [0.05, 0.1) is 17.8 Å². The van der Waals surface area contributed by atoms with Crippen molar-refractivity contribution in [1.82, 2.24) is 14.9 Å². The number of rotatable bonds is 3. The number of fused-ring (bicyclic) bond motifs is 1. The van der Waals surface area contributed by atoms with Crippen molar-refractivity contribution in [3.8, 4) is 11.3 Å². The highest BCUT2D eigenvalue weighted by Crippen LogP contribution is 2.28. The lowest BCUT2D eigenvalue weighted by molar-refractivity contribution is -0.145. The topological polar surface area (TPSA) is 62.1 Å². The van der Waals surface area contributed by atoms with Gasteiger partial charge in [0.2, 0.25) is 5.82 Å². The molecule has 0 saturated heterocycles. The fourth-order valence-electron chi connectivity index (χ4n) is 3.20. The molecule has 0 bridgehead atoms. The van der Waals surface area contributed by atoms with Crippen LogP contribution >= 0.6 is 15.9 Å². The third-order valence-corrected chi connectivity index (χ3v) is 5.11. The van der Waals surface area contributed by atoms with Crippen LogP contribution in [-0.4, -0.2) is 21.4 Å². The lowest BCUT2D eigenvalue weighted by Crippen LogP contribution is -2.36. The Bertz CT molecular complexity index is 1060. The van der Waals surface area contributed by atoms with E-state index in [4.69, 9.17) is 4.42 Å². The van der Waals surface area contributed by atoms with Crippen LogP contribution in [0.25, 0.3) is 11.3 Å². The summed E-state index contributed by atoms with van der Waals surface area (Å²) in [5.74, 6) is 0.210. The zero-order valence-corrected chi connectivity index (χ0v) is 16.1. The van der Waals surface area contributed by atoms with E-state index in [1.807, 2.05) is 46.3 Å². The van der Waals surface area contributed by atoms with Crippen LogP contribution in [0.5, 0.6) is 0 Å². The lowest BCUT2D eigenvalue weighted by Gasteiger charge is -2.27. The van der Waals surface area contributed by atoms with Crippen molar-refractivity contribution < 1.29 is 17.6 Å². The number of alkyl halides is 3. The summed E-state index contributed by atoms with van der Waals surface area (Å²) in [6.45, 7) is 1.18. The minimum absolute atomic E-state index is 0.210. The maximum atomic E-state index is 12.8. The number of aromatic nitrogens is 2. The molecule has 0 fully saturated rings. The van der Waals surface area contributed by atoms with Gasteiger partial charge < -0.3 is 9.40 Å². The number of benzene rings is 1. The monoisotopic (exact) mass is 453 g/mol. The minimum Gasteiger partial charge on any atom is -0.460 e. The third kappa shape index (κ3) is 3.90. The summed E-state index contributed by atoms with van der Waals surface area (Å²) in [5, 5.41) is 0. The van der Waals surface area contributed by atoms with Gasteiger partial charge in [-0.2, -0.15) is 13.2 Å². The first-order valence-corrected chi connectivity index (χ1v) is 9.35. The van der Waals surface area contributed by atoms with Crippen LogP contribution in [-0.2, 0) is 25.7 Å². The van der Waals surface area contributed by atoms with Crippen molar-refractivity contribution in [2.75, 3.05) is 6.54 Å². The molecule has 1 N–H and O–H groups in total. The summed E-state index contributed by atoms with van der Waals surface area (Å²) >= 11 is 3.39. The molecule has 0 radical (unpaired) electrons. The normalized spacial score (nSPS) is 14.9. The van der Waals surface area contributed by atoms with E-state index in [-0.39, 0.29) is 24.2 Å². The van der Waals surface area contributed by atoms with Crippen molar-refractivity contribution in [3.63, 3.8) is 0 Å². The Labute approximate surface area is 166 Å². The van der Waals surface area contributed by atoms with Gasteiger partial charge in [0, 0.05) is 29.5 Å². The quantitative estimate of drug-likeness (QED) is 0.639. The molecule has 5 nitrogen and oxygen atoms in total. The molecular weight excluding hydrogens is 439 g/mol. The zero-order valence-electron chi connectivity index (χ0n) is 14.5. The summed E-state index contributed by atoms with van der Waals surface area (Å²) in [6, 6.07) is 11.5. The Morgan fingerprint density at radius 3 is 2.64 bits per heavy atom. The summed E-state index contributed by atoms with van der Waals surface area (Å²) in [7, 11) is 0. The fourth-order valence-corrected chi connectivity index (χ4v) is 3.47. The zero-order chi connectivity index (χ0) is 19.9. The van der Waals surface area contributed by atoms with Crippen LogP contribution in [0.3, 0.4) is 0 Å². The molecule has 1 aromatic carbocycles. The summed E-state index contributed by atoms with van der Waals surface area (Å²) in [6.07, 6.45) is -4.38. The predicted octanol–water partition coefficient (Wildman–Crippen LogP) is 4.37. The Morgan fingerprint density at radius 1 is 1.18 bits per heavy atom. The average Bonchev–Trinajstić information content (AvgIpc) is 3.10. The van der Waals surface area contributed by atoms with Gasteiger partial charge in [0.15, 0.2) is 0 Å². The molecule has 0 unspecified atom stereocenters. The highest BCUT2D eigenvalue weighted by Gasteiger charge is 2.36. The van der Waals surface area contributed by atoms with Gasteiger partial charge in [-0.1, -0.05) is 28.1 Å². The fraction of sp³-hybridized carbons (Fsp3) is 0.263. The van der Waals surface area contributed by atoms with Gasteiger partial charge >= 0.3 is 6.18 Å². The molecule has 3 heterocycles. The van der Waals surface area contributed by atoms with E-state index in [9.17, 15) is 18.0 Å². The number of H-pyrrole nitrogens is 1. The van der Waals surface area contributed by atoms with Gasteiger partial charge in [-0.3, -0.25) is 9.69 Å². The highest BCUT2D eigenvalue weighted by atomic mass is 79.9. The Hall–Kier alpha value is -2.39. The molecule has 146 valence electrons. The standard InChI is InChI=1S/C19H15BrF3N3O2/c20-12-3-1-11(2-4-12)16-6-5-13(28-16)9-26-8-7-15-14(10-26)17(27)25-18(24-15)19(21,22)23/h1-6H,7-10H2,(H,24,25,27). The molecule has 2 aromatic heterocycles. The number of nitrogens with zero attached hydrogens (tertiary/aromatic N) is 2. The highest BCUT2D eigenvalue weighted by molar-refractivity contribution is 9.10. The van der Waals surface area contributed by atoms with Gasteiger partial charge in [-0.15, -0.1) is 0 Å². The molecule has 1 aliphatic rings. The van der Waals surface area contributed by atoms with Crippen molar-refractivity contribution in [1.29, 1.82) is 0 Å². The first-order chi connectivity index (χ1) is 13.3. The SMILES string of the molecule is O=c1[nH]c(C(F)(F)F)nc2c1CN(Cc1ccc(-c3ccc(Br)cc3)o1)CC2. The lowest BCUT2D eigenvalue weighted by atomic mass is 10.1. The van der Waals surface area contributed by atoms with E-state index in [0.717, 1.165) is 21.6 Å². The molecule has 28 heavy (non-hydrogen) atoms. The summed E-state index contributed by atoms with van der Waals surface area (Å²) in [5.41, 5.74) is 0.692. The van der Waals surface area contributed by atoms with Gasteiger partial charge in [0.1, 0.15) is 11.5 Å². The third-order valence-electron chi connectivity index (χ3n) is 4.59. The second-order valence-electron chi connectivity index (χ2n) is 6.57. The van der Waals surface area contributed by atoms with Crippen LogP contribution in [0.2, 0.25) is 0 Å². The van der Waals surface area contributed by atoms with Crippen molar-refractivity contribution in [3.05, 3.63) is 74.1 Å². The second-order valence-corrected chi connectivity index (χ2v) is 7.49. The second kappa shape index (κ2) is 7.21.